The van der Waals surface area contributed by atoms with Crippen LogP contribution < -0.4 is 5.32 Å². The van der Waals surface area contributed by atoms with Crippen molar-refractivity contribution in [2.45, 2.75) is 31.0 Å². The van der Waals surface area contributed by atoms with Crippen LogP contribution in [0, 0.1) is 0 Å². The summed E-state index contributed by atoms with van der Waals surface area (Å²) in [6, 6.07) is 8.26. The molecular formula is C15H19N3O2S2. The molecule has 2 rings (SSSR count). The molecule has 22 heavy (non-hydrogen) atoms. The Bertz CT molecular complexity index is 612. The van der Waals surface area contributed by atoms with Gasteiger partial charge in [0.15, 0.2) is 4.34 Å². The summed E-state index contributed by atoms with van der Waals surface area (Å²) in [6.45, 7) is 6.52. The lowest BCUT2D eigenvalue weighted by atomic mass is 10.0. The van der Waals surface area contributed by atoms with Gasteiger partial charge in [-0.15, -0.1) is 10.2 Å². The molecule has 0 amide bonds. The second kappa shape index (κ2) is 8.14. The van der Waals surface area contributed by atoms with E-state index in [1.807, 2.05) is 12.1 Å². The first-order valence-corrected chi connectivity index (χ1v) is 8.87. The fourth-order valence-corrected chi connectivity index (χ4v) is 3.29. The highest BCUT2D eigenvalue weighted by Gasteiger charge is 2.09. The maximum atomic E-state index is 11.3. The Morgan fingerprint density at radius 1 is 1.32 bits per heavy atom. The van der Waals surface area contributed by atoms with Gasteiger partial charge in [-0.3, -0.25) is 4.79 Å². The molecular weight excluding hydrogens is 318 g/mol. The number of nitrogens with one attached hydrogen (secondary N) is 1. The number of carbonyl (C=O) groups is 1. The molecule has 1 N–H and O–H groups in total. The van der Waals surface area contributed by atoms with Gasteiger partial charge in [0.2, 0.25) is 5.13 Å². The van der Waals surface area contributed by atoms with Crippen LogP contribution in [0.1, 0.15) is 32.3 Å². The first-order valence-electron chi connectivity index (χ1n) is 7.07. The van der Waals surface area contributed by atoms with E-state index in [9.17, 15) is 4.79 Å². The number of esters is 1. The van der Waals surface area contributed by atoms with Crippen molar-refractivity contribution in [3.63, 3.8) is 0 Å². The molecule has 0 bridgehead atoms. The maximum Gasteiger partial charge on any atom is 0.316 e. The predicted octanol–water partition coefficient (Wildman–Crippen LogP) is 4.06. The van der Waals surface area contributed by atoms with Crippen molar-refractivity contribution >= 4 is 39.9 Å². The summed E-state index contributed by atoms with van der Waals surface area (Å²) in [6.07, 6.45) is 0. The molecule has 1 aromatic heterocycles. The van der Waals surface area contributed by atoms with Crippen molar-refractivity contribution < 1.29 is 9.53 Å². The second-order valence-electron chi connectivity index (χ2n) is 4.87. The van der Waals surface area contributed by atoms with Crippen molar-refractivity contribution in [3.8, 4) is 0 Å². The standard InChI is InChI=1S/C15H19N3O2S2/c1-4-20-13(19)9-21-15-18-17-14(22-15)16-12-7-5-11(6-8-12)10(2)3/h5-8,10H,4,9H2,1-3H3,(H,16,17). The molecule has 0 spiro atoms. The fraction of sp³-hybridized carbons (Fsp3) is 0.400. The van der Waals surface area contributed by atoms with Crippen molar-refractivity contribution in [1.29, 1.82) is 0 Å². The van der Waals surface area contributed by atoms with Gasteiger partial charge in [0, 0.05) is 5.69 Å². The number of hydrogen-bond acceptors (Lipinski definition) is 7. The Morgan fingerprint density at radius 3 is 2.68 bits per heavy atom. The molecule has 1 heterocycles. The van der Waals surface area contributed by atoms with E-state index in [1.54, 1.807) is 6.92 Å². The molecule has 2 aromatic rings. The van der Waals surface area contributed by atoms with Gasteiger partial charge >= 0.3 is 5.97 Å². The molecule has 0 aliphatic heterocycles. The van der Waals surface area contributed by atoms with E-state index in [0.717, 1.165) is 10.0 Å². The highest BCUT2D eigenvalue weighted by atomic mass is 32.2. The zero-order valence-corrected chi connectivity index (χ0v) is 14.5. The number of benzene rings is 1. The molecule has 0 saturated carbocycles. The third kappa shape index (κ3) is 4.99. The maximum absolute atomic E-state index is 11.3. The van der Waals surface area contributed by atoms with E-state index in [-0.39, 0.29) is 11.7 Å². The van der Waals surface area contributed by atoms with Crippen LogP contribution in [-0.2, 0) is 9.53 Å². The normalized spacial score (nSPS) is 10.7. The lowest BCUT2D eigenvalue weighted by Gasteiger charge is -2.06. The largest absolute Gasteiger partial charge is 0.465 e. The highest BCUT2D eigenvalue weighted by molar-refractivity contribution is 8.01. The summed E-state index contributed by atoms with van der Waals surface area (Å²) in [5.41, 5.74) is 2.27. The van der Waals surface area contributed by atoms with Crippen LogP contribution in [0.5, 0.6) is 0 Å². The Hall–Kier alpha value is -1.60. The van der Waals surface area contributed by atoms with E-state index in [1.165, 1.54) is 28.7 Å². The van der Waals surface area contributed by atoms with E-state index in [4.69, 9.17) is 4.74 Å². The minimum atomic E-state index is -0.235. The summed E-state index contributed by atoms with van der Waals surface area (Å²) in [4.78, 5) is 11.3. The first kappa shape index (κ1) is 16.8. The smallest absolute Gasteiger partial charge is 0.316 e. The number of anilines is 2. The van der Waals surface area contributed by atoms with Gasteiger partial charge in [0.1, 0.15) is 0 Å². The zero-order valence-electron chi connectivity index (χ0n) is 12.8. The molecule has 0 aliphatic rings. The zero-order chi connectivity index (χ0) is 15.9. The summed E-state index contributed by atoms with van der Waals surface area (Å²) in [7, 11) is 0. The average Bonchev–Trinajstić information content (AvgIpc) is 2.93. The second-order valence-corrected chi connectivity index (χ2v) is 7.07. The van der Waals surface area contributed by atoms with Crippen molar-refractivity contribution in [2.75, 3.05) is 17.7 Å². The molecule has 0 fully saturated rings. The van der Waals surface area contributed by atoms with Crippen LogP contribution >= 0.6 is 23.1 Å². The van der Waals surface area contributed by atoms with E-state index in [2.05, 4.69) is 41.5 Å². The molecule has 5 nitrogen and oxygen atoms in total. The van der Waals surface area contributed by atoms with Crippen molar-refractivity contribution in [1.82, 2.24) is 10.2 Å². The van der Waals surface area contributed by atoms with Crippen LogP contribution in [0.4, 0.5) is 10.8 Å². The number of aromatic nitrogens is 2. The SMILES string of the molecule is CCOC(=O)CSc1nnc(Nc2ccc(C(C)C)cc2)s1. The topological polar surface area (TPSA) is 64.1 Å². The van der Waals surface area contributed by atoms with Gasteiger partial charge in [-0.25, -0.2) is 0 Å². The van der Waals surface area contributed by atoms with Crippen LogP contribution in [0.15, 0.2) is 28.6 Å². The number of hydrogen-bond donors (Lipinski definition) is 1. The van der Waals surface area contributed by atoms with Gasteiger partial charge in [-0.2, -0.15) is 0 Å². The molecule has 118 valence electrons. The quantitative estimate of drug-likeness (QED) is 0.607. The minimum Gasteiger partial charge on any atom is -0.465 e. The van der Waals surface area contributed by atoms with Crippen LogP contribution in [0.25, 0.3) is 0 Å². The van der Waals surface area contributed by atoms with Gasteiger partial charge in [-0.05, 0) is 30.5 Å². The van der Waals surface area contributed by atoms with Crippen molar-refractivity contribution in [2.24, 2.45) is 0 Å². The summed E-state index contributed by atoms with van der Waals surface area (Å²) < 4.78 is 5.62. The van der Waals surface area contributed by atoms with E-state index < -0.39 is 0 Å². The number of thioether (sulfide) groups is 1. The summed E-state index contributed by atoms with van der Waals surface area (Å²) in [5.74, 6) is 0.536. The van der Waals surface area contributed by atoms with Crippen LogP contribution in [0.2, 0.25) is 0 Å². The Kier molecular flexibility index (Phi) is 6.21. The third-order valence-corrected chi connectivity index (χ3v) is 4.80. The number of ether oxygens (including phenoxy) is 1. The highest BCUT2D eigenvalue weighted by Crippen LogP contribution is 2.28. The third-order valence-electron chi connectivity index (χ3n) is 2.85. The Morgan fingerprint density at radius 2 is 2.05 bits per heavy atom. The fourth-order valence-electron chi connectivity index (χ4n) is 1.72. The van der Waals surface area contributed by atoms with Gasteiger partial charge in [0.05, 0.1) is 12.4 Å². The van der Waals surface area contributed by atoms with E-state index >= 15 is 0 Å². The molecule has 0 saturated heterocycles. The molecule has 0 aliphatic carbocycles. The Balaban J connectivity index is 1.90. The summed E-state index contributed by atoms with van der Waals surface area (Å²) in [5, 5.41) is 12.1. The van der Waals surface area contributed by atoms with Gasteiger partial charge in [-0.1, -0.05) is 49.1 Å². The Labute approximate surface area is 138 Å². The number of rotatable bonds is 7. The lowest BCUT2D eigenvalue weighted by molar-refractivity contribution is -0.139. The lowest BCUT2D eigenvalue weighted by Crippen LogP contribution is -2.06. The van der Waals surface area contributed by atoms with Gasteiger partial charge in [0.25, 0.3) is 0 Å². The average molecular weight is 337 g/mol. The molecule has 0 atom stereocenters. The first-order chi connectivity index (χ1) is 10.6. The van der Waals surface area contributed by atoms with Crippen LogP contribution in [0.3, 0.4) is 0 Å². The predicted molar refractivity (Wildman–Crippen MR) is 91.1 cm³/mol. The molecule has 0 unspecified atom stereocenters. The minimum absolute atomic E-state index is 0.235. The van der Waals surface area contributed by atoms with Crippen LogP contribution in [-0.4, -0.2) is 28.5 Å². The number of nitrogens with zero attached hydrogens (tertiary/aromatic N) is 2. The monoisotopic (exact) mass is 337 g/mol. The van der Waals surface area contributed by atoms with Gasteiger partial charge < -0.3 is 10.1 Å². The molecule has 7 heteroatoms. The van der Waals surface area contributed by atoms with Crippen molar-refractivity contribution in [3.05, 3.63) is 29.8 Å². The van der Waals surface area contributed by atoms with E-state index in [0.29, 0.717) is 17.7 Å². The number of carbonyl (C=O) groups excluding carboxylic acids is 1. The molecule has 0 radical (unpaired) electrons. The summed E-state index contributed by atoms with van der Waals surface area (Å²) >= 11 is 2.76. The molecule has 1 aromatic carbocycles.